The van der Waals surface area contributed by atoms with Crippen LogP contribution in [0.2, 0.25) is 0 Å². The molecule has 1 aliphatic rings. The zero-order valence-electron chi connectivity index (χ0n) is 10.8. The molecule has 1 fully saturated rings. The standard InChI is InChI=1S/C14H19FN2O.ClH/c15-12-6-3-11(4-7-12)5-8-14(18)17-13-2-1-9-16-10-13;/h3-4,6-7,13,16H,1-2,5,8-10H2,(H,17,18);1H/t13-;/m0./s1. The number of amides is 1. The van der Waals surface area contributed by atoms with Gasteiger partial charge in [0.2, 0.25) is 5.91 Å². The molecule has 2 rings (SSSR count). The Balaban J connectivity index is 0.00000180. The van der Waals surface area contributed by atoms with E-state index in [-0.39, 0.29) is 30.2 Å². The largest absolute Gasteiger partial charge is 0.352 e. The van der Waals surface area contributed by atoms with Crippen LogP contribution in [0.5, 0.6) is 0 Å². The highest BCUT2D eigenvalue weighted by atomic mass is 35.5. The summed E-state index contributed by atoms with van der Waals surface area (Å²) in [5, 5.41) is 6.29. The van der Waals surface area contributed by atoms with Gasteiger partial charge in [-0.2, -0.15) is 0 Å². The molecule has 1 aliphatic heterocycles. The molecule has 1 aromatic carbocycles. The van der Waals surface area contributed by atoms with E-state index in [1.807, 2.05) is 0 Å². The summed E-state index contributed by atoms with van der Waals surface area (Å²) in [6.07, 6.45) is 3.28. The quantitative estimate of drug-likeness (QED) is 0.889. The van der Waals surface area contributed by atoms with E-state index in [2.05, 4.69) is 10.6 Å². The van der Waals surface area contributed by atoms with Crippen LogP contribution in [-0.2, 0) is 11.2 Å². The second kappa shape index (κ2) is 8.12. The maximum Gasteiger partial charge on any atom is 0.220 e. The molecule has 0 bridgehead atoms. The molecule has 1 atom stereocenters. The van der Waals surface area contributed by atoms with E-state index in [4.69, 9.17) is 0 Å². The van der Waals surface area contributed by atoms with Crippen LogP contribution in [-0.4, -0.2) is 25.0 Å². The molecule has 1 heterocycles. The molecule has 106 valence electrons. The highest BCUT2D eigenvalue weighted by Gasteiger charge is 2.14. The number of hydrogen-bond acceptors (Lipinski definition) is 2. The lowest BCUT2D eigenvalue weighted by Crippen LogP contribution is -2.45. The maximum absolute atomic E-state index is 12.7. The van der Waals surface area contributed by atoms with Gasteiger partial charge in [0.15, 0.2) is 0 Å². The summed E-state index contributed by atoms with van der Waals surface area (Å²) < 4.78 is 12.7. The van der Waals surface area contributed by atoms with Gasteiger partial charge in [-0.25, -0.2) is 4.39 Å². The third-order valence-electron chi connectivity index (χ3n) is 3.22. The summed E-state index contributed by atoms with van der Waals surface area (Å²) in [7, 11) is 0. The van der Waals surface area contributed by atoms with Gasteiger partial charge in [-0.05, 0) is 43.5 Å². The fourth-order valence-electron chi connectivity index (χ4n) is 2.18. The fourth-order valence-corrected chi connectivity index (χ4v) is 2.18. The van der Waals surface area contributed by atoms with Gasteiger partial charge in [-0.3, -0.25) is 4.79 Å². The van der Waals surface area contributed by atoms with Crippen molar-refractivity contribution in [2.45, 2.75) is 31.7 Å². The van der Waals surface area contributed by atoms with Gasteiger partial charge in [0.25, 0.3) is 0 Å². The second-order valence-corrected chi connectivity index (χ2v) is 4.74. The molecule has 0 aliphatic carbocycles. The highest BCUT2D eigenvalue weighted by molar-refractivity contribution is 5.85. The zero-order chi connectivity index (χ0) is 12.8. The predicted molar refractivity (Wildman–Crippen MR) is 76.0 cm³/mol. The minimum Gasteiger partial charge on any atom is -0.352 e. The van der Waals surface area contributed by atoms with Crippen LogP contribution in [0.15, 0.2) is 24.3 Å². The lowest BCUT2D eigenvalue weighted by Gasteiger charge is -2.23. The summed E-state index contributed by atoms with van der Waals surface area (Å²) in [5.41, 5.74) is 0.994. The molecular weight excluding hydrogens is 267 g/mol. The molecule has 1 amide bonds. The maximum atomic E-state index is 12.7. The van der Waals surface area contributed by atoms with Crippen LogP contribution < -0.4 is 10.6 Å². The minimum absolute atomic E-state index is 0. The molecular formula is C14H20ClFN2O. The molecule has 0 radical (unpaired) electrons. The van der Waals surface area contributed by atoms with Crippen LogP contribution in [0.4, 0.5) is 4.39 Å². The topological polar surface area (TPSA) is 41.1 Å². The van der Waals surface area contributed by atoms with Crippen molar-refractivity contribution in [2.24, 2.45) is 0 Å². The van der Waals surface area contributed by atoms with E-state index in [0.717, 1.165) is 31.5 Å². The van der Waals surface area contributed by atoms with Gasteiger partial charge in [0.05, 0.1) is 0 Å². The van der Waals surface area contributed by atoms with Crippen LogP contribution in [0, 0.1) is 5.82 Å². The number of hydrogen-bond donors (Lipinski definition) is 2. The van der Waals surface area contributed by atoms with Crippen LogP contribution in [0.25, 0.3) is 0 Å². The molecule has 19 heavy (non-hydrogen) atoms. The SMILES string of the molecule is Cl.O=C(CCc1ccc(F)cc1)N[C@H]1CCCNC1. The van der Waals surface area contributed by atoms with Crippen molar-refractivity contribution in [3.8, 4) is 0 Å². The normalized spacial score (nSPS) is 18.5. The summed E-state index contributed by atoms with van der Waals surface area (Å²) in [4.78, 5) is 11.7. The zero-order valence-corrected chi connectivity index (χ0v) is 11.6. The first-order valence-electron chi connectivity index (χ1n) is 6.48. The van der Waals surface area contributed by atoms with Gasteiger partial charge in [-0.15, -0.1) is 12.4 Å². The third kappa shape index (κ3) is 5.57. The number of aryl methyl sites for hydroxylation is 1. The van der Waals surface area contributed by atoms with Gasteiger partial charge in [-0.1, -0.05) is 12.1 Å². The first-order chi connectivity index (χ1) is 8.74. The smallest absolute Gasteiger partial charge is 0.220 e. The highest BCUT2D eigenvalue weighted by Crippen LogP contribution is 2.06. The van der Waals surface area contributed by atoms with Crippen molar-refractivity contribution in [1.29, 1.82) is 0 Å². The average Bonchev–Trinajstić information content (AvgIpc) is 2.39. The first-order valence-corrected chi connectivity index (χ1v) is 6.48. The Morgan fingerprint density at radius 3 is 2.74 bits per heavy atom. The minimum atomic E-state index is -0.239. The Morgan fingerprint density at radius 2 is 2.11 bits per heavy atom. The number of benzene rings is 1. The van der Waals surface area contributed by atoms with E-state index in [1.165, 1.54) is 12.1 Å². The number of carbonyl (C=O) groups is 1. The van der Waals surface area contributed by atoms with E-state index in [0.29, 0.717) is 12.8 Å². The molecule has 3 nitrogen and oxygen atoms in total. The third-order valence-corrected chi connectivity index (χ3v) is 3.22. The number of carbonyl (C=O) groups excluding carboxylic acids is 1. The number of rotatable bonds is 4. The van der Waals surface area contributed by atoms with E-state index in [1.54, 1.807) is 12.1 Å². The lowest BCUT2D eigenvalue weighted by atomic mass is 10.1. The number of piperidine rings is 1. The summed E-state index contributed by atoms with van der Waals surface area (Å²) in [6, 6.07) is 6.58. The average molecular weight is 287 g/mol. The van der Waals surface area contributed by atoms with Crippen LogP contribution >= 0.6 is 12.4 Å². The van der Waals surface area contributed by atoms with Crippen LogP contribution in [0.3, 0.4) is 0 Å². The molecule has 5 heteroatoms. The molecule has 0 unspecified atom stereocenters. The van der Waals surface area contributed by atoms with Crippen molar-refractivity contribution >= 4 is 18.3 Å². The van der Waals surface area contributed by atoms with Crippen molar-refractivity contribution < 1.29 is 9.18 Å². The Morgan fingerprint density at radius 1 is 1.37 bits per heavy atom. The molecule has 0 spiro atoms. The Hall–Kier alpha value is -1.13. The van der Waals surface area contributed by atoms with Gasteiger partial charge >= 0.3 is 0 Å². The fraction of sp³-hybridized carbons (Fsp3) is 0.500. The van der Waals surface area contributed by atoms with Crippen LogP contribution in [0.1, 0.15) is 24.8 Å². The molecule has 1 aromatic rings. The predicted octanol–water partition coefficient (Wildman–Crippen LogP) is 2.05. The Bertz CT molecular complexity index is 391. The Kier molecular flexibility index (Phi) is 6.81. The molecule has 0 aromatic heterocycles. The first kappa shape index (κ1) is 15.9. The second-order valence-electron chi connectivity index (χ2n) is 4.74. The molecule has 0 saturated carbocycles. The summed E-state index contributed by atoms with van der Waals surface area (Å²) in [6.45, 7) is 1.91. The molecule has 1 saturated heterocycles. The van der Waals surface area contributed by atoms with Crippen molar-refractivity contribution in [2.75, 3.05) is 13.1 Å². The number of nitrogens with one attached hydrogen (secondary N) is 2. The van der Waals surface area contributed by atoms with E-state index >= 15 is 0 Å². The molecule has 2 N–H and O–H groups in total. The van der Waals surface area contributed by atoms with E-state index < -0.39 is 0 Å². The Labute approximate surface area is 119 Å². The number of halogens is 2. The summed E-state index contributed by atoms with van der Waals surface area (Å²) >= 11 is 0. The van der Waals surface area contributed by atoms with Crippen molar-refractivity contribution in [3.05, 3.63) is 35.6 Å². The monoisotopic (exact) mass is 286 g/mol. The van der Waals surface area contributed by atoms with E-state index in [9.17, 15) is 9.18 Å². The van der Waals surface area contributed by atoms with Gasteiger partial charge < -0.3 is 10.6 Å². The van der Waals surface area contributed by atoms with Crippen molar-refractivity contribution in [1.82, 2.24) is 10.6 Å². The van der Waals surface area contributed by atoms with Crippen molar-refractivity contribution in [3.63, 3.8) is 0 Å². The van der Waals surface area contributed by atoms with Gasteiger partial charge in [0.1, 0.15) is 5.82 Å². The lowest BCUT2D eigenvalue weighted by molar-refractivity contribution is -0.121. The van der Waals surface area contributed by atoms with Gasteiger partial charge in [0, 0.05) is 19.0 Å². The summed E-state index contributed by atoms with van der Waals surface area (Å²) in [5.74, 6) is -0.162.